The van der Waals surface area contributed by atoms with Gasteiger partial charge in [0.2, 0.25) is 0 Å². The molecule has 0 bridgehead atoms. The Labute approximate surface area is 119 Å². The molecule has 0 aromatic heterocycles. The zero-order valence-corrected chi connectivity index (χ0v) is 15.2. The normalized spacial score (nSPS) is 9.83. The molecule has 0 spiro atoms. The van der Waals surface area contributed by atoms with Crippen LogP contribution in [-0.2, 0) is 17.1 Å². The van der Waals surface area contributed by atoms with E-state index in [0.29, 0.717) is 5.92 Å². The molecular formula is C17H24Zn. The van der Waals surface area contributed by atoms with Crippen LogP contribution in [0.25, 0.3) is 10.8 Å². The summed E-state index contributed by atoms with van der Waals surface area (Å²) in [5.74, 6) is 0.615. The van der Waals surface area contributed by atoms with Crippen molar-refractivity contribution >= 4 is 10.8 Å². The summed E-state index contributed by atoms with van der Waals surface area (Å²) in [7, 11) is 0. The molecule has 0 aliphatic heterocycles. The summed E-state index contributed by atoms with van der Waals surface area (Å²) in [4.78, 5) is 0. The Hall–Kier alpha value is -0.677. The van der Waals surface area contributed by atoms with Crippen LogP contribution in [0, 0.1) is 0 Å². The van der Waals surface area contributed by atoms with E-state index in [9.17, 15) is 0 Å². The minimum absolute atomic E-state index is 0.0972. The predicted molar refractivity (Wildman–Crippen MR) is 79.0 cm³/mol. The van der Waals surface area contributed by atoms with Crippen LogP contribution in [0.3, 0.4) is 0 Å². The van der Waals surface area contributed by atoms with E-state index in [4.69, 9.17) is 0 Å². The number of benzene rings is 2. The summed E-state index contributed by atoms with van der Waals surface area (Å²) in [6.45, 7) is 9.04. The first kappa shape index (κ1) is 15.4. The van der Waals surface area contributed by atoms with E-state index in [0.717, 1.165) is 0 Å². The molecule has 1 heteroatoms. The second-order valence-corrected chi connectivity index (χ2v) is 10.8. The van der Waals surface area contributed by atoms with Gasteiger partial charge in [-0.05, 0) is 22.3 Å². The van der Waals surface area contributed by atoms with Crippen molar-refractivity contribution < 1.29 is 17.1 Å². The van der Waals surface area contributed by atoms with Crippen LogP contribution in [-0.4, -0.2) is 0 Å². The SMILES string of the molecule is CC(C)c1ccc2ccccc2c1.C[CH2][Zn][CH2]C. The molecule has 2 aromatic carbocycles. The number of hydrogen-bond acceptors (Lipinski definition) is 0. The Kier molecular flexibility index (Phi) is 7.20. The molecular weight excluding hydrogens is 270 g/mol. The van der Waals surface area contributed by atoms with Gasteiger partial charge in [-0.2, -0.15) is 0 Å². The zero-order valence-electron chi connectivity index (χ0n) is 12.2. The number of rotatable bonds is 3. The summed E-state index contributed by atoms with van der Waals surface area (Å²) < 4.78 is 0. The van der Waals surface area contributed by atoms with Crippen molar-refractivity contribution in [1.82, 2.24) is 0 Å². The number of hydrogen-bond donors (Lipinski definition) is 0. The van der Waals surface area contributed by atoms with Gasteiger partial charge in [-0.1, -0.05) is 56.3 Å². The summed E-state index contributed by atoms with van der Waals surface area (Å²) in [5, 5.41) is 5.73. The summed E-state index contributed by atoms with van der Waals surface area (Å²) >= 11 is 0.0972. The van der Waals surface area contributed by atoms with Crippen molar-refractivity contribution in [3.63, 3.8) is 0 Å². The van der Waals surface area contributed by atoms with Crippen LogP contribution in [0.1, 0.15) is 39.2 Å². The van der Waals surface area contributed by atoms with Crippen LogP contribution >= 0.6 is 0 Å². The van der Waals surface area contributed by atoms with E-state index in [1.54, 1.807) is 0 Å². The Bertz CT molecular complexity index is 458. The van der Waals surface area contributed by atoms with E-state index in [2.05, 4.69) is 70.2 Å². The molecule has 0 nitrogen and oxygen atoms in total. The van der Waals surface area contributed by atoms with Gasteiger partial charge < -0.3 is 0 Å². The third-order valence-electron chi connectivity index (χ3n) is 3.15. The molecule has 0 fully saturated rings. The van der Waals surface area contributed by atoms with Gasteiger partial charge in [0.15, 0.2) is 0 Å². The van der Waals surface area contributed by atoms with Crippen molar-refractivity contribution in [2.24, 2.45) is 0 Å². The molecule has 2 rings (SSSR count). The van der Waals surface area contributed by atoms with Gasteiger partial charge in [-0.25, -0.2) is 0 Å². The third kappa shape index (κ3) is 4.90. The zero-order chi connectivity index (χ0) is 13.4. The van der Waals surface area contributed by atoms with Gasteiger partial charge in [-0.3, -0.25) is 0 Å². The Morgan fingerprint density at radius 1 is 0.889 bits per heavy atom. The van der Waals surface area contributed by atoms with Crippen molar-refractivity contribution in [2.45, 2.75) is 43.6 Å². The molecule has 0 aliphatic rings. The monoisotopic (exact) mass is 292 g/mol. The Balaban J connectivity index is 0.000000280. The van der Waals surface area contributed by atoms with Crippen molar-refractivity contribution in [3.8, 4) is 0 Å². The van der Waals surface area contributed by atoms with Crippen LogP contribution in [0.2, 0.25) is 10.0 Å². The Morgan fingerprint density at radius 3 is 2.00 bits per heavy atom. The van der Waals surface area contributed by atoms with Gasteiger partial charge in [0.05, 0.1) is 0 Å². The fraction of sp³-hybridized carbons (Fsp3) is 0.412. The summed E-state index contributed by atoms with van der Waals surface area (Å²) in [6.07, 6.45) is 0. The quantitative estimate of drug-likeness (QED) is 0.617. The third-order valence-corrected chi connectivity index (χ3v) is 6.11. The molecule has 0 N–H and O–H groups in total. The van der Waals surface area contributed by atoms with Crippen LogP contribution < -0.4 is 0 Å². The standard InChI is InChI=1S/C13H14.2C2H5.Zn/c1-10(2)12-8-7-11-5-3-4-6-13(11)9-12;2*1-2;/h3-10H,1-2H3;2*1H2,2H3;. The second kappa shape index (κ2) is 8.43. The van der Waals surface area contributed by atoms with Crippen LogP contribution in [0.15, 0.2) is 42.5 Å². The fourth-order valence-corrected chi connectivity index (χ4v) is 3.40. The molecule has 0 amide bonds. The first-order valence-electron chi connectivity index (χ1n) is 7.17. The van der Waals surface area contributed by atoms with Crippen LogP contribution in [0.4, 0.5) is 0 Å². The average molecular weight is 294 g/mol. The van der Waals surface area contributed by atoms with Crippen molar-refractivity contribution in [1.29, 1.82) is 0 Å². The molecule has 0 atom stereocenters. The minimum atomic E-state index is 0.0972. The van der Waals surface area contributed by atoms with Gasteiger partial charge >= 0.3 is 41.0 Å². The topological polar surface area (TPSA) is 0 Å². The predicted octanol–water partition coefficient (Wildman–Crippen LogP) is 5.91. The van der Waals surface area contributed by atoms with E-state index in [-0.39, 0.29) is 17.1 Å². The first-order chi connectivity index (χ1) is 8.69. The molecule has 94 valence electrons. The molecule has 0 unspecified atom stereocenters. The van der Waals surface area contributed by atoms with E-state index in [1.807, 2.05) is 0 Å². The maximum atomic E-state index is 2.30. The fourth-order valence-electron chi connectivity index (χ4n) is 1.92. The summed E-state index contributed by atoms with van der Waals surface area (Å²) in [5.41, 5.74) is 1.42. The molecule has 0 radical (unpaired) electrons. The van der Waals surface area contributed by atoms with Crippen molar-refractivity contribution in [3.05, 3.63) is 48.0 Å². The van der Waals surface area contributed by atoms with Gasteiger partial charge in [-0.15, -0.1) is 0 Å². The molecule has 2 aromatic rings. The molecule has 0 heterocycles. The molecule has 0 saturated carbocycles. The van der Waals surface area contributed by atoms with E-state index >= 15 is 0 Å². The molecule has 18 heavy (non-hydrogen) atoms. The molecule has 0 aliphatic carbocycles. The second-order valence-electron chi connectivity index (χ2n) is 5.11. The Morgan fingerprint density at radius 2 is 1.50 bits per heavy atom. The number of fused-ring (bicyclic) bond motifs is 1. The van der Waals surface area contributed by atoms with E-state index < -0.39 is 0 Å². The van der Waals surface area contributed by atoms with Crippen LogP contribution in [0.5, 0.6) is 0 Å². The maximum absolute atomic E-state index is 2.30. The summed E-state index contributed by atoms with van der Waals surface area (Å²) in [6, 6.07) is 15.2. The average Bonchev–Trinajstić information content (AvgIpc) is 2.40. The first-order valence-corrected chi connectivity index (χ1v) is 11.4. The van der Waals surface area contributed by atoms with Gasteiger partial charge in [0.1, 0.15) is 0 Å². The van der Waals surface area contributed by atoms with E-state index in [1.165, 1.54) is 26.4 Å². The van der Waals surface area contributed by atoms with Crippen molar-refractivity contribution in [2.75, 3.05) is 0 Å². The van der Waals surface area contributed by atoms with Gasteiger partial charge in [0, 0.05) is 0 Å². The van der Waals surface area contributed by atoms with Gasteiger partial charge in [0.25, 0.3) is 0 Å². The molecule has 0 saturated heterocycles.